The molecule has 19 heteroatoms. The highest BCUT2D eigenvalue weighted by molar-refractivity contribution is 7.47. The molecule has 0 bridgehead atoms. The van der Waals surface area contributed by atoms with Gasteiger partial charge in [-0.3, -0.25) is 37.3 Å². The summed E-state index contributed by atoms with van der Waals surface area (Å²) in [5.74, 6) is 0.174. The summed E-state index contributed by atoms with van der Waals surface area (Å²) in [6.45, 7) is 11.9. The van der Waals surface area contributed by atoms with Crippen molar-refractivity contribution in [3.63, 3.8) is 0 Å². The largest absolute Gasteiger partial charge is 0.472 e. The molecule has 0 aromatic rings. The number of aliphatic hydroxyl groups is 1. The maximum absolute atomic E-state index is 13.1. The highest BCUT2D eigenvalue weighted by Gasteiger charge is 2.30. The normalized spacial score (nSPS) is 13.9. The van der Waals surface area contributed by atoms with Gasteiger partial charge in [-0.25, -0.2) is 9.13 Å². The molecule has 0 aliphatic heterocycles. The second-order valence-electron chi connectivity index (χ2n) is 31.6. The van der Waals surface area contributed by atoms with E-state index in [-0.39, 0.29) is 25.7 Å². The minimum absolute atomic E-state index is 0.105. The fraction of sp³-hybridized carbons (Fsp3) is 0.952. The van der Waals surface area contributed by atoms with Crippen molar-refractivity contribution in [3.05, 3.63) is 0 Å². The molecule has 103 heavy (non-hydrogen) atoms. The number of carbonyl (C=O) groups excluding carboxylic acids is 4. The molecule has 3 N–H and O–H groups in total. The molecule has 0 saturated heterocycles. The van der Waals surface area contributed by atoms with E-state index in [2.05, 4.69) is 48.5 Å². The highest BCUT2D eigenvalue weighted by Crippen LogP contribution is 2.45. The van der Waals surface area contributed by atoms with Gasteiger partial charge in [0, 0.05) is 25.7 Å². The minimum atomic E-state index is -4.96. The van der Waals surface area contributed by atoms with Gasteiger partial charge in [0.15, 0.2) is 12.2 Å². The molecule has 0 radical (unpaired) electrons. The van der Waals surface area contributed by atoms with Gasteiger partial charge in [0.1, 0.15) is 19.3 Å². The van der Waals surface area contributed by atoms with Crippen molar-refractivity contribution in [1.29, 1.82) is 0 Å². The fourth-order valence-corrected chi connectivity index (χ4v) is 14.6. The van der Waals surface area contributed by atoms with Crippen LogP contribution in [0.4, 0.5) is 0 Å². The molecule has 5 atom stereocenters. The lowest BCUT2D eigenvalue weighted by Crippen LogP contribution is -2.30. The molecule has 0 fully saturated rings. The van der Waals surface area contributed by atoms with Crippen LogP contribution in [0, 0.1) is 17.8 Å². The van der Waals surface area contributed by atoms with Gasteiger partial charge >= 0.3 is 39.5 Å². The van der Waals surface area contributed by atoms with Crippen LogP contribution < -0.4 is 0 Å². The third-order valence-corrected chi connectivity index (χ3v) is 21.5. The first kappa shape index (κ1) is 101. The Morgan fingerprint density at radius 2 is 0.447 bits per heavy atom. The summed E-state index contributed by atoms with van der Waals surface area (Å²) in [7, 11) is -9.92. The van der Waals surface area contributed by atoms with E-state index in [0.29, 0.717) is 25.7 Å². The van der Waals surface area contributed by atoms with Crippen molar-refractivity contribution < 1.29 is 80.2 Å². The van der Waals surface area contributed by atoms with Gasteiger partial charge < -0.3 is 33.8 Å². The topological polar surface area (TPSA) is 237 Å². The molecule has 0 aromatic heterocycles. The number of esters is 4. The van der Waals surface area contributed by atoms with E-state index in [0.717, 1.165) is 108 Å². The lowest BCUT2D eigenvalue weighted by atomic mass is 10.0. The van der Waals surface area contributed by atoms with E-state index in [9.17, 15) is 43.2 Å². The van der Waals surface area contributed by atoms with Gasteiger partial charge in [0.05, 0.1) is 26.4 Å². The number of ether oxygens (including phenoxy) is 4. The Morgan fingerprint density at radius 1 is 0.262 bits per heavy atom. The Kier molecular flexibility index (Phi) is 72.8. The van der Waals surface area contributed by atoms with Crippen molar-refractivity contribution in [1.82, 2.24) is 0 Å². The summed E-state index contributed by atoms with van der Waals surface area (Å²) in [4.78, 5) is 73.1. The van der Waals surface area contributed by atoms with Crippen molar-refractivity contribution >= 4 is 39.5 Å². The van der Waals surface area contributed by atoms with Crippen LogP contribution in [0.25, 0.3) is 0 Å². The molecule has 0 spiro atoms. The first-order valence-corrected chi connectivity index (χ1v) is 46.3. The standard InChI is InChI=1S/C84H164O17P2/c1-8-9-10-11-12-13-14-15-16-17-18-22-25-28-31-36-44-51-58-65-81(86)94-71-79(100-83(88)67-60-53-46-37-32-29-26-23-20-19-21-24-27-30-34-41-48-55-62-75(2)3)73-98-102(90,91)96-69-78(85)70-97-103(92,93)99-74-80(72-95-82(87)66-59-52-45-40-39-43-50-57-64-77(6)7)101-84(89)68-61-54-47-38-33-35-42-49-56-63-76(4)5/h75-80,85H,8-74H2,1-7H3,(H,90,91)(H,92,93)/t78-,79-,80-/m1/s1. The van der Waals surface area contributed by atoms with Gasteiger partial charge in [0.2, 0.25) is 0 Å². The van der Waals surface area contributed by atoms with Crippen LogP contribution in [0.5, 0.6) is 0 Å². The summed E-state index contributed by atoms with van der Waals surface area (Å²) in [6, 6.07) is 0. The summed E-state index contributed by atoms with van der Waals surface area (Å²) in [5.41, 5.74) is 0. The van der Waals surface area contributed by atoms with E-state index in [1.165, 1.54) is 250 Å². The van der Waals surface area contributed by atoms with Gasteiger partial charge in [-0.2, -0.15) is 0 Å². The molecule has 0 aliphatic rings. The van der Waals surface area contributed by atoms with Crippen LogP contribution in [0.2, 0.25) is 0 Å². The molecule has 0 aliphatic carbocycles. The predicted molar refractivity (Wildman–Crippen MR) is 423 cm³/mol. The lowest BCUT2D eigenvalue weighted by Gasteiger charge is -2.21. The van der Waals surface area contributed by atoms with Crippen LogP contribution in [0.15, 0.2) is 0 Å². The second kappa shape index (κ2) is 74.2. The number of phosphoric acid groups is 2. The predicted octanol–water partition coefficient (Wildman–Crippen LogP) is 25.3. The Hall–Kier alpha value is -1.94. The molecular formula is C84H164O17P2. The van der Waals surface area contributed by atoms with E-state index >= 15 is 0 Å². The average Bonchev–Trinajstić information content (AvgIpc) is 0.918. The third-order valence-electron chi connectivity index (χ3n) is 19.6. The van der Waals surface area contributed by atoms with E-state index in [4.69, 9.17) is 37.0 Å². The molecule has 0 saturated carbocycles. The molecular weight excluding hydrogens is 1340 g/mol. The fourth-order valence-electron chi connectivity index (χ4n) is 13.0. The van der Waals surface area contributed by atoms with Gasteiger partial charge in [0.25, 0.3) is 0 Å². The number of carbonyl (C=O) groups is 4. The SMILES string of the molecule is CCCCCCCCCCCCCCCCCCCCCC(=O)OC[C@H](COP(=O)(O)OC[C@@H](O)COP(=O)(O)OC[C@@H](COC(=O)CCCCCCCCCCC(C)C)OC(=O)CCCCCCCCCCCC(C)C)OC(=O)CCCCCCCCCCCCCCCCCCCCC(C)C. The first-order chi connectivity index (χ1) is 49.7. The van der Waals surface area contributed by atoms with Crippen molar-refractivity contribution in [2.75, 3.05) is 39.6 Å². The third kappa shape index (κ3) is 78.0. The zero-order valence-electron chi connectivity index (χ0n) is 67.8. The molecule has 612 valence electrons. The summed E-state index contributed by atoms with van der Waals surface area (Å²) >= 11 is 0. The van der Waals surface area contributed by atoms with Crippen molar-refractivity contribution in [2.24, 2.45) is 17.8 Å². The van der Waals surface area contributed by atoms with Crippen LogP contribution in [0.1, 0.15) is 440 Å². The van der Waals surface area contributed by atoms with Crippen LogP contribution >= 0.6 is 15.6 Å². The number of hydrogen-bond acceptors (Lipinski definition) is 15. The number of hydrogen-bond donors (Lipinski definition) is 3. The van der Waals surface area contributed by atoms with Gasteiger partial charge in [-0.15, -0.1) is 0 Å². The number of phosphoric ester groups is 2. The van der Waals surface area contributed by atoms with E-state index < -0.39 is 97.5 Å². The molecule has 2 unspecified atom stereocenters. The average molecular weight is 1510 g/mol. The summed E-state index contributed by atoms with van der Waals surface area (Å²) in [5, 5.41) is 10.7. The van der Waals surface area contributed by atoms with Crippen LogP contribution in [-0.4, -0.2) is 96.7 Å². The second-order valence-corrected chi connectivity index (χ2v) is 34.6. The number of aliphatic hydroxyl groups excluding tert-OH is 1. The summed E-state index contributed by atoms with van der Waals surface area (Å²) < 4.78 is 68.8. The smallest absolute Gasteiger partial charge is 0.462 e. The quantitative estimate of drug-likeness (QED) is 0.0222. The zero-order chi connectivity index (χ0) is 75.8. The monoisotopic (exact) mass is 1510 g/mol. The first-order valence-electron chi connectivity index (χ1n) is 43.3. The maximum Gasteiger partial charge on any atom is 0.472 e. The van der Waals surface area contributed by atoms with E-state index in [1.807, 2.05) is 0 Å². The highest BCUT2D eigenvalue weighted by atomic mass is 31.2. The molecule has 0 aromatic carbocycles. The molecule has 17 nitrogen and oxygen atoms in total. The molecule has 0 amide bonds. The minimum Gasteiger partial charge on any atom is -0.462 e. The van der Waals surface area contributed by atoms with Crippen molar-refractivity contribution in [3.8, 4) is 0 Å². The van der Waals surface area contributed by atoms with Gasteiger partial charge in [-0.05, 0) is 43.4 Å². The van der Waals surface area contributed by atoms with Gasteiger partial charge in [-0.1, -0.05) is 389 Å². The Labute approximate surface area is 632 Å². The Balaban J connectivity index is 5.22. The number of rotatable bonds is 82. The zero-order valence-corrected chi connectivity index (χ0v) is 69.6. The maximum atomic E-state index is 13.1. The number of unbranched alkanes of at least 4 members (excludes halogenated alkanes) is 50. The van der Waals surface area contributed by atoms with Crippen LogP contribution in [-0.2, 0) is 65.4 Å². The lowest BCUT2D eigenvalue weighted by molar-refractivity contribution is -0.161. The Bertz CT molecular complexity index is 1990. The van der Waals surface area contributed by atoms with Crippen molar-refractivity contribution in [2.45, 2.75) is 458 Å². The molecule has 0 rings (SSSR count). The Morgan fingerprint density at radius 3 is 0.660 bits per heavy atom. The summed E-state index contributed by atoms with van der Waals surface area (Å²) in [6.07, 6.45) is 64.1. The molecule has 0 heterocycles. The van der Waals surface area contributed by atoms with Crippen LogP contribution in [0.3, 0.4) is 0 Å². The van der Waals surface area contributed by atoms with E-state index in [1.54, 1.807) is 0 Å².